The van der Waals surface area contributed by atoms with Gasteiger partial charge in [-0.25, -0.2) is 4.98 Å². The molecule has 3 heterocycles. The van der Waals surface area contributed by atoms with E-state index in [0.29, 0.717) is 6.54 Å². The molecule has 152 valence electrons. The van der Waals surface area contributed by atoms with Crippen molar-refractivity contribution in [3.63, 3.8) is 0 Å². The van der Waals surface area contributed by atoms with Gasteiger partial charge in [-0.1, -0.05) is 30.3 Å². The summed E-state index contributed by atoms with van der Waals surface area (Å²) in [6.45, 7) is 2.47. The molecule has 6 heteroatoms. The first-order valence-corrected chi connectivity index (χ1v) is 9.88. The Bertz CT molecular complexity index is 1150. The highest BCUT2D eigenvalue weighted by molar-refractivity contribution is 5.77. The molecule has 0 fully saturated rings. The second-order valence-corrected chi connectivity index (χ2v) is 7.20. The number of hydrogen-bond donors (Lipinski definition) is 1. The molecular formula is C24H24N4O2. The van der Waals surface area contributed by atoms with Crippen molar-refractivity contribution in [2.75, 3.05) is 7.11 Å². The van der Waals surface area contributed by atoms with Crippen molar-refractivity contribution in [1.29, 1.82) is 0 Å². The minimum Gasteiger partial charge on any atom is -0.496 e. The standard InChI is InChI=1S/C24H24N4O2/c1-17-7-6-12-28-21(16-27-24(17)28)20(19-9-3-4-10-22(19)30-2)13-23(29)26-15-18-8-5-11-25-14-18/h3-12,14,16,20H,13,15H2,1-2H3,(H,26,29). The Morgan fingerprint density at radius 2 is 2.00 bits per heavy atom. The number of nitrogens with one attached hydrogen (secondary N) is 1. The number of benzene rings is 1. The first-order chi connectivity index (χ1) is 14.7. The number of hydrogen-bond acceptors (Lipinski definition) is 4. The van der Waals surface area contributed by atoms with E-state index < -0.39 is 0 Å². The van der Waals surface area contributed by atoms with Crippen LogP contribution in [-0.2, 0) is 11.3 Å². The number of aromatic nitrogens is 3. The second kappa shape index (κ2) is 8.78. The third-order valence-corrected chi connectivity index (χ3v) is 5.23. The number of methoxy groups -OCH3 is 1. The van der Waals surface area contributed by atoms with Crippen molar-refractivity contribution in [1.82, 2.24) is 19.7 Å². The second-order valence-electron chi connectivity index (χ2n) is 7.20. The molecule has 1 unspecified atom stereocenters. The van der Waals surface area contributed by atoms with Crippen molar-refractivity contribution in [2.45, 2.75) is 25.8 Å². The maximum absolute atomic E-state index is 12.9. The first-order valence-electron chi connectivity index (χ1n) is 9.88. The summed E-state index contributed by atoms with van der Waals surface area (Å²) in [6, 6.07) is 15.7. The summed E-state index contributed by atoms with van der Waals surface area (Å²) in [6.07, 6.45) is 7.60. The number of aryl methyl sites for hydroxylation is 1. The minimum absolute atomic E-state index is 0.0441. The lowest BCUT2D eigenvalue weighted by molar-refractivity contribution is -0.121. The molecule has 0 aliphatic carbocycles. The van der Waals surface area contributed by atoms with E-state index in [1.807, 2.05) is 67.8 Å². The molecule has 0 radical (unpaired) electrons. The smallest absolute Gasteiger partial charge is 0.221 e. The molecule has 0 bridgehead atoms. The molecule has 4 aromatic rings. The Labute approximate surface area is 175 Å². The number of carbonyl (C=O) groups is 1. The summed E-state index contributed by atoms with van der Waals surface area (Å²) < 4.78 is 7.66. The van der Waals surface area contributed by atoms with Crippen LogP contribution in [0.2, 0.25) is 0 Å². The Kier molecular flexibility index (Phi) is 5.75. The van der Waals surface area contributed by atoms with Crippen LogP contribution in [0.4, 0.5) is 0 Å². The maximum atomic E-state index is 12.9. The van der Waals surface area contributed by atoms with Crippen LogP contribution >= 0.6 is 0 Å². The normalized spacial score (nSPS) is 11.9. The third kappa shape index (κ3) is 4.03. The van der Waals surface area contributed by atoms with Crippen LogP contribution in [0.25, 0.3) is 5.65 Å². The molecule has 0 aliphatic heterocycles. The number of ether oxygens (including phenoxy) is 1. The topological polar surface area (TPSA) is 68.5 Å². The van der Waals surface area contributed by atoms with Crippen LogP contribution in [0.1, 0.15) is 34.7 Å². The number of para-hydroxylation sites is 1. The van der Waals surface area contributed by atoms with Gasteiger partial charge in [-0.15, -0.1) is 0 Å². The highest BCUT2D eigenvalue weighted by Gasteiger charge is 2.24. The fourth-order valence-electron chi connectivity index (χ4n) is 3.72. The van der Waals surface area contributed by atoms with Gasteiger partial charge >= 0.3 is 0 Å². The van der Waals surface area contributed by atoms with Gasteiger partial charge in [-0.05, 0) is 36.2 Å². The Hall–Kier alpha value is -3.67. The lowest BCUT2D eigenvalue weighted by atomic mass is 9.91. The molecule has 1 amide bonds. The van der Waals surface area contributed by atoms with E-state index in [0.717, 1.165) is 33.8 Å². The first kappa shape index (κ1) is 19.6. The van der Waals surface area contributed by atoms with Crippen molar-refractivity contribution < 1.29 is 9.53 Å². The quantitative estimate of drug-likeness (QED) is 0.511. The Morgan fingerprint density at radius 1 is 1.13 bits per heavy atom. The summed E-state index contributed by atoms with van der Waals surface area (Å²) >= 11 is 0. The number of amides is 1. The maximum Gasteiger partial charge on any atom is 0.221 e. The lowest BCUT2D eigenvalue weighted by Crippen LogP contribution is -2.25. The molecule has 1 aromatic carbocycles. The Morgan fingerprint density at radius 3 is 2.80 bits per heavy atom. The number of imidazole rings is 1. The van der Waals surface area contributed by atoms with E-state index in [1.165, 1.54) is 0 Å². The highest BCUT2D eigenvalue weighted by Crippen LogP contribution is 2.35. The van der Waals surface area contributed by atoms with Crippen LogP contribution in [0.3, 0.4) is 0 Å². The van der Waals surface area contributed by atoms with Crippen molar-refractivity contribution in [3.8, 4) is 5.75 Å². The lowest BCUT2D eigenvalue weighted by Gasteiger charge is -2.20. The number of rotatable bonds is 7. The fraction of sp³-hybridized carbons (Fsp3) is 0.208. The van der Waals surface area contributed by atoms with Gasteiger partial charge in [0.25, 0.3) is 0 Å². The molecule has 6 nitrogen and oxygen atoms in total. The van der Waals surface area contributed by atoms with Crippen LogP contribution in [0.5, 0.6) is 5.75 Å². The van der Waals surface area contributed by atoms with Gasteiger partial charge in [0, 0.05) is 49.2 Å². The monoisotopic (exact) mass is 400 g/mol. The van der Waals surface area contributed by atoms with E-state index in [-0.39, 0.29) is 18.2 Å². The zero-order valence-corrected chi connectivity index (χ0v) is 17.1. The van der Waals surface area contributed by atoms with Crippen LogP contribution < -0.4 is 10.1 Å². The van der Waals surface area contributed by atoms with Gasteiger partial charge in [0.2, 0.25) is 5.91 Å². The molecular weight excluding hydrogens is 376 g/mol. The molecule has 3 aromatic heterocycles. The number of carbonyl (C=O) groups excluding carboxylic acids is 1. The molecule has 1 atom stereocenters. The van der Waals surface area contributed by atoms with Gasteiger partial charge in [-0.3, -0.25) is 9.78 Å². The van der Waals surface area contributed by atoms with E-state index in [1.54, 1.807) is 19.5 Å². The van der Waals surface area contributed by atoms with E-state index in [9.17, 15) is 4.79 Å². The zero-order chi connectivity index (χ0) is 20.9. The third-order valence-electron chi connectivity index (χ3n) is 5.23. The summed E-state index contributed by atoms with van der Waals surface area (Å²) in [4.78, 5) is 21.6. The number of fused-ring (bicyclic) bond motifs is 1. The fourth-order valence-corrected chi connectivity index (χ4v) is 3.72. The van der Waals surface area contributed by atoms with Crippen LogP contribution in [0.15, 0.2) is 73.3 Å². The SMILES string of the molecule is COc1ccccc1C(CC(=O)NCc1cccnc1)c1cnc2c(C)cccn12. The van der Waals surface area contributed by atoms with Gasteiger partial charge in [0.05, 0.1) is 12.8 Å². The summed E-state index contributed by atoms with van der Waals surface area (Å²) in [7, 11) is 1.65. The van der Waals surface area contributed by atoms with Crippen LogP contribution in [0, 0.1) is 6.92 Å². The molecule has 0 saturated carbocycles. The average Bonchev–Trinajstić information content (AvgIpc) is 3.22. The molecule has 1 N–H and O–H groups in total. The summed E-state index contributed by atoms with van der Waals surface area (Å²) in [5.74, 6) is 0.509. The summed E-state index contributed by atoms with van der Waals surface area (Å²) in [5.41, 5.74) is 4.85. The van der Waals surface area contributed by atoms with Gasteiger partial charge < -0.3 is 14.5 Å². The predicted octanol–water partition coefficient (Wildman–Crippen LogP) is 3.88. The average molecular weight is 400 g/mol. The number of pyridine rings is 2. The zero-order valence-electron chi connectivity index (χ0n) is 17.1. The molecule has 0 spiro atoms. The van der Waals surface area contributed by atoms with E-state index >= 15 is 0 Å². The molecule has 4 rings (SSSR count). The van der Waals surface area contributed by atoms with Crippen molar-refractivity contribution in [2.24, 2.45) is 0 Å². The molecule has 0 aliphatic rings. The largest absolute Gasteiger partial charge is 0.496 e. The van der Waals surface area contributed by atoms with Crippen molar-refractivity contribution in [3.05, 3.63) is 95.7 Å². The van der Waals surface area contributed by atoms with Gasteiger partial charge in [0.1, 0.15) is 11.4 Å². The van der Waals surface area contributed by atoms with Gasteiger partial charge in [-0.2, -0.15) is 0 Å². The Balaban J connectivity index is 1.67. The van der Waals surface area contributed by atoms with Crippen molar-refractivity contribution >= 4 is 11.6 Å². The summed E-state index contributed by atoms with van der Waals surface area (Å²) in [5, 5.41) is 3.01. The molecule has 30 heavy (non-hydrogen) atoms. The van der Waals surface area contributed by atoms with Gasteiger partial charge in [0.15, 0.2) is 0 Å². The predicted molar refractivity (Wildman–Crippen MR) is 115 cm³/mol. The number of nitrogens with zero attached hydrogens (tertiary/aromatic N) is 3. The van der Waals surface area contributed by atoms with E-state index in [2.05, 4.69) is 19.7 Å². The van der Waals surface area contributed by atoms with Crippen LogP contribution in [-0.4, -0.2) is 27.4 Å². The highest BCUT2D eigenvalue weighted by atomic mass is 16.5. The van der Waals surface area contributed by atoms with E-state index in [4.69, 9.17) is 4.74 Å². The minimum atomic E-state index is -0.202. The molecule has 0 saturated heterocycles.